The number of hydrogen-bond acceptors (Lipinski definition) is 0. The van der Waals surface area contributed by atoms with E-state index < -0.39 is 0 Å². The second-order valence-corrected chi connectivity index (χ2v) is 2.96. The fraction of sp³-hybridized carbons (Fsp3) is 0.250. The van der Waals surface area contributed by atoms with Gasteiger partial charge in [0, 0.05) is 13.3 Å². The zero-order valence-corrected chi connectivity index (χ0v) is 7.65. The Hall–Kier alpha value is -1.22. The van der Waals surface area contributed by atoms with Gasteiger partial charge in [-0.3, -0.25) is 0 Å². The quantitative estimate of drug-likeness (QED) is 0.550. The lowest BCUT2D eigenvalue weighted by molar-refractivity contribution is 1.22. The molecule has 0 saturated carbocycles. The average Bonchev–Trinajstić information content (AvgIpc) is 2.07. The van der Waals surface area contributed by atoms with Gasteiger partial charge in [0.2, 0.25) is 0 Å². The fourth-order valence-electron chi connectivity index (χ4n) is 1.15. The minimum Gasteiger partial charge on any atom is -0.102 e. The highest BCUT2D eigenvalue weighted by Crippen LogP contribution is 2.10. The van der Waals surface area contributed by atoms with E-state index in [9.17, 15) is 0 Å². The normalized spacial score (nSPS) is 8.92. The second-order valence-electron chi connectivity index (χ2n) is 2.96. The molecule has 1 aromatic carbocycles. The van der Waals surface area contributed by atoms with Crippen molar-refractivity contribution >= 4 is 0 Å². The topological polar surface area (TPSA) is 0 Å². The monoisotopic (exact) mass is 157 g/mol. The van der Waals surface area contributed by atoms with Crippen LogP contribution in [0.4, 0.5) is 0 Å². The first-order chi connectivity index (χ1) is 5.74. The van der Waals surface area contributed by atoms with Gasteiger partial charge in [0.25, 0.3) is 0 Å². The van der Waals surface area contributed by atoms with Crippen molar-refractivity contribution in [2.45, 2.75) is 20.3 Å². The van der Waals surface area contributed by atoms with Crippen molar-refractivity contribution in [2.75, 3.05) is 0 Å². The van der Waals surface area contributed by atoms with Gasteiger partial charge in [-0.05, 0) is 25.0 Å². The lowest BCUT2D eigenvalue weighted by Crippen LogP contribution is -1.87. The van der Waals surface area contributed by atoms with E-state index in [0.717, 1.165) is 6.42 Å². The van der Waals surface area contributed by atoms with Crippen LogP contribution in [0.1, 0.15) is 16.7 Å². The van der Waals surface area contributed by atoms with Gasteiger partial charge in [-0.2, -0.15) is 0 Å². The molecule has 0 aromatic heterocycles. The van der Waals surface area contributed by atoms with Crippen molar-refractivity contribution in [3.05, 3.63) is 41.8 Å². The van der Waals surface area contributed by atoms with Crippen molar-refractivity contribution < 1.29 is 0 Å². The molecule has 0 fully saturated rings. The Bertz CT molecular complexity index is 324. The minimum absolute atomic E-state index is 0.816. The third-order valence-electron chi connectivity index (χ3n) is 1.91. The Morgan fingerprint density at radius 2 is 2.08 bits per heavy atom. The van der Waals surface area contributed by atoms with Crippen molar-refractivity contribution in [3.63, 3.8) is 0 Å². The van der Waals surface area contributed by atoms with Crippen molar-refractivity contribution in [2.24, 2.45) is 0 Å². The SMILES string of the molecule is [CH2]C#CCc1cc(C)ccc1C. The molecule has 0 nitrogen and oxygen atoms in total. The average molecular weight is 157 g/mol. The maximum Gasteiger partial charge on any atom is 0.0343 e. The van der Waals surface area contributed by atoms with E-state index in [1.807, 2.05) is 0 Å². The first-order valence-electron chi connectivity index (χ1n) is 4.05. The van der Waals surface area contributed by atoms with Crippen LogP contribution in [-0.4, -0.2) is 0 Å². The van der Waals surface area contributed by atoms with Crippen LogP contribution in [0.2, 0.25) is 0 Å². The zero-order valence-electron chi connectivity index (χ0n) is 7.65. The minimum atomic E-state index is 0.816. The molecular formula is C12H13. The van der Waals surface area contributed by atoms with E-state index in [-0.39, 0.29) is 0 Å². The predicted molar refractivity (Wildman–Crippen MR) is 52.8 cm³/mol. The molecular weight excluding hydrogens is 144 g/mol. The summed E-state index contributed by atoms with van der Waals surface area (Å²) >= 11 is 0. The van der Waals surface area contributed by atoms with E-state index in [4.69, 9.17) is 0 Å². The Balaban J connectivity index is 2.94. The number of rotatable bonds is 1. The number of aryl methyl sites for hydroxylation is 2. The molecule has 0 saturated heterocycles. The summed E-state index contributed by atoms with van der Waals surface area (Å²) in [7, 11) is 0. The predicted octanol–water partition coefficient (Wildman–Crippen LogP) is 2.68. The van der Waals surface area contributed by atoms with E-state index in [2.05, 4.69) is 50.8 Å². The summed E-state index contributed by atoms with van der Waals surface area (Å²) in [6.07, 6.45) is 0.816. The summed E-state index contributed by atoms with van der Waals surface area (Å²) in [6.45, 7) is 7.70. The zero-order chi connectivity index (χ0) is 8.97. The van der Waals surface area contributed by atoms with E-state index in [1.165, 1.54) is 16.7 Å². The molecule has 0 heterocycles. The van der Waals surface area contributed by atoms with Crippen molar-refractivity contribution in [3.8, 4) is 11.8 Å². The van der Waals surface area contributed by atoms with Crippen LogP contribution in [0, 0.1) is 32.6 Å². The molecule has 0 aliphatic rings. The van der Waals surface area contributed by atoms with Gasteiger partial charge < -0.3 is 0 Å². The molecule has 61 valence electrons. The van der Waals surface area contributed by atoms with E-state index in [1.54, 1.807) is 0 Å². The van der Waals surface area contributed by atoms with E-state index in [0.29, 0.717) is 0 Å². The molecule has 0 bridgehead atoms. The van der Waals surface area contributed by atoms with Crippen molar-refractivity contribution in [1.82, 2.24) is 0 Å². The van der Waals surface area contributed by atoms with E-state index >= 15 is 0 Å². The highest BCUT2D eigenvalue weighted by atomic mass is 14.0. The van der Waals surface area contributed by atoms with Gasteiger partial charge in [0.1, 0.15) is 0 Å². The van der Waals surface area contributed by atoms with Crippen LogP contribution < -0.4 is 0 Å². The molecule has 0 unspecified atom stereocenters. The van der Waals surface area contributed by atoms with Crippen LogP contribution in [0.15, 0.2) is 18.2 Å². The summed E-state index contributed by atoms with van der Waals surface area (Å²) in [6, 6.07) is 6.44. The molecule has 12 heavy (non-hydrogen) atoms. The van der Waals surface area contributed by atoms with Crippen LogP contribution >= 0.6 is 0 Å². The Kier molecular flexibility index (Phi) is 2.94. The van der Waals surface area contributed by atoms with Crippen LogP contribution in [0.3, 0.4) is 0 Å². The lowest BCUT2D eigenvalue weighted by atomic mass is 10.0. The Morgan fingerprint density at radius 3 is 2.75 bits per heavy atom. The molecule has 1 aromatic rings. The summed E-state index contributed by atoms with van der Waals surface area (Å²) < 4.78 is 0. The summed E-state index contributed by atoms with van der Waals surface area (Å²) in [5.74, 6) is 5.63. The molecule has 0 heteroatoms. The molecule has 0 amide bonds. The summed E-state index contributed by atoms with van der Waals surface area (Å²) in [5, 5.41) is 0. The maximum absolute atomic E-state index is 3.49. The van der Waals surface area contributed by atoms with Crippen molar-refractivity contribution in [1.29, 1.82) is 0 Å². The largest absolute Gasteiger partial charge is 0.102 e. The summed E-state index contributed by atoms with van der Waals surface area (Å²) in [5.41, 5.74) is 3.91. The number of hydrogen-bond donors (Lipinski definition) is 0. The first-order valence-corrected chi connectivity index (χ1v) is 4.05. The van der Waals surface area contributed by atoms with Gasteiger partial charge >= 0.3 is 0 Å². The second kappa shape index (κ2) is 3.97. The summed E-state index contributed by atoms with van der Waals surface area (Å²) in [4.78, 5) is 0. The molecule has 0 aliphatic heterocycles. The molecule has 0 atom stereocenters. The standard InChI is InChI=1S/C12H13/c1-4-5-6-12-9-10(2)7-8-11(12)3/h7-9H,1,6H2,2-3H3. The first kappa shape index (κ1) is 8.87. The highest BCUT2D eigenvalue weighted by molar-refractivity contribution is 5.33. The Morgan fingerprint density at radius 1 is 1.33 bits per heavy atom. The fourth-order valence-corrected chi connectivity index (χ4v) is 1.15. The van der Waals surface area contributed by atoms with Crippen LogP contribution in [-0.2, 0) is 6.42 Å². The van der Waals surface area contributed by atoms with Gasteiger partial charge in [-0.25, -0.2) is 0 Å². The molecule has 0 N–H and O–H groups in total. The Labute approximate surface area is 74.6 Å². The van der Waals surface area contributed by atoms with Gasteiger partial charge in [-0.15, -0.1) is 5.92 Å². The van der Waals surface area contributed by atoms with Gasteiger partial charge in [0.15, 0.2) is 0 Å². The molecule has 0 aliphatic carbocycles. The van der Waals surface area contributed by atoms with Crippen LogP contribution in [0.25, 0.3) is 0 Å². The van der Waals surface area contributed by atoms with Gasteiger partial charge in [0.05, 0.1) is 0 Å². The van der Waals surface area contributed by atoms with Gasteiger partial charge in [-0.1, -0.05) is 29.7 Å². The highest BCUT2D eigenvalue weighted by Gasteiger charge is 1.95. The lowest BCUT2D eigenvalue weighted by Gasteiger charge is -2.02. The third kappa shape index (κ3) is 2.13. The smallest absolute Gasteiger partial charge is 0.0343 e. The maximum atomic E-state index is 3.49. The molecule has 1 radical (unpaired) electrons. The molecule has 1 rings (SSSR count). The molecule has 0 spiro atoms. The van der Waals surface area contributed by atoms with Crippen LogP contribution in [0.5, 0.6) is 0 Å². The third-order valence-corrected chi connectivity index (χ3v) is 1.91. The number of benzene rings is 1.